The van der Waals surface area contributed by atoms with Crippen molar-refractivity contribution in [1.82, 2.24) is 4.90 Å². The van der Waals surface area contributed by atoms with Crippen LogP contribution < -0.4 is 0 Å². The standard InChI is InChI=1S/C8H17NO/c1-7-3-5-9(2)6-4-8(7)10/h7-8,10H,3-6H2,1-2H3. The lowest BCUT2D eigenvalue weighted by molar-refractivity contribution is 0.113. The Hall–Kier alpha value is -0.0800. The molecule has 0 aromatic rings. The SMILES string of the molecule is CC1CCN(C)CCC1O. The largest absolute Gasteiger partial charge is 0.393 e. The minimum Gasteiger partial charge on any atom is -0.393 e. The zero-order chi connectivity index (χ0) is 7.56. The summed E-state index contributed by atoms with van der Waals surface area (Å²) in [5.41, 5.74) is 0. The molecule has 1 saturated heterocycles. The average Bonchev–Trinajstić information content (AvgIpc) is 2.04. The van der Waals surface area contributed by atoms with E-state index in [4.69, 9.17) is 0 Å². The van der Waals surface area contributed by atoms with Crippen molar-refractivity contribution in [3.8, 4) is 0 Å². The first-order valence-electron chi connectivity index (χ1n) is 4.07. The third-order valence-corrected chi connectivity index (χ3v) is 2.43. The highest BCUT2D eigenvalue weighted by Gasteiger charge is 2.18. The molecule has 0 aliphatic carbocycles. The van der Waals surface area contributed by atoms with E-state index in [1.165, 1.54) is 0 Å². The molecule has 0 aromatic carbocycles. The normalized spacial score (nSPS) is 37.5. The van der Waals surface area contributed by atoms with Crippen LogP contribution in [0, 0.1) is 5.92 Å². The van der Waals surface area contributed by atoms with Crippen LogP contribution in [0.5, 0.6) is 0 Å². The van der Waals surface area contributed by atoms with Crippen LogP contribution in [0.15, 0.2) is 0 Å². The molecule has 2 unspecified atom stereocenters. The van der Waals surface area contributed by atoms with E-state index < -0.39 is 0 Å². The van der Waals surface area contributed by atoms with Gasteiger partial charge in [-0.1, -0.05) is 6.92 Å². The molecular formula is C8H17NO. The second-order valence-electron chi connectivity index (χ2n) is 3.43. The van der Waals surface area contributed by atoms with Crippen molar-refractivity contribution < 1.29 is 5.11 Å². The Morgan fingerprint density at radius 1 is 1.30 bits per heavy atom. The van der Waals surface area contributed by atoms with Gasteiger partial charge in [-0.15, -0.1) is 0 Å². The molecule has 1 rings (SSSR count). The molecule has 1 aliphatic rings. The van der Waals surface area contributed by atoms with E-state index in [2.05, 4.69) is 18.9 Å². The quantitative estimate of drug-likeness (QED) is 0.540. The van der Waals surface area contributed by atoms with E-state index in [9.17, 15) is 5.11 Å². The van der Waals surface area contributed by atoms with Crippen LogP contribution in [0.1, 0.15) is 19.8 Å². The van der Waals surface area contributed by atoms with Gasteiger partial charge in [-0.2, -0.15) is 0 Å². The first-order chi connectivity index (χ1) is 4.70. The molecule has 2 heteroatoms. The lowest BCUT2D eigenvalue weighted by atomic mass is 10.0. The van der Waals surface area contributed by atoms with Crippen molar-refractivity contribution in [2.45, 2.75) is 25.9 Å². The third-order valence-electron chi connectivity index (χ3n) is 2.43. The van der Waals surface area contributed by atoms with Crippen LogP contribution in [0.4, 0.5) is 0 Å². The Balaban J connectivity index is 2.38. The predicted molar refractivity (Wildman–Crippen MR) is 41.9 cm³/mol. The highest BCUT2D eigenvalue weighted by atomic mass is 16.3. The monoisotopic (exact) mass is 143 g/mol. The molecule has 0 aromatic heterocycles. The van der Waals surface area contributed by atoms with Gasteiger partial charge in [-0.25, -0.2) is 0 Å². The lowest BCUT2D eigenvalue weighted by Crippen LogP contribution is -2.19. The maximum atomic E-state index is 9.45. The van der Waals surface area contributed by atoms with Crippen LogP contribution in [0.25, 0.3) is 0 Å². The highest BCUT2D eigenvalue weighted by Crippen LogP contribution is 2.15. The molecule has 0 radical (unpaired) electrons. The summed E-state index contributed by atoms with van der Waals surface area (Å²) in [6.45, 7) is 4.31. The van der Waals surface area contributed by atoms with Gasteiger partial charge in [-0.05, 0) is 32.4 Å². The molecule has 2 nitrogen and oxygen atoms in total. The summed E-state index contributed by atoms with van der Waals surface area (Å²) in [6, 6.07) is 0. The maximum absolute atomic E-state index is 9.45. The minimum absolute atomic E-state index is 0.0649. The van der Waals surface area contributed by atoms with Crippen molar-refractivity contribution >= 4 is 0 Å². The van der Waals surface area contributed by atoms with Gasteiger partial charge in [0.2, 0.25) is 0 Å². The van der Waals surface area contributed by atoms with Gasteiger partial charge in [0.15, 0.2) is 0 Å². The van der Waals surface area contributed by atoms with E-state index in [-0.39, 0.29) is 6.10 Å². The molecular weight excluding hydrogens is 126 g/mol. The van der Waals surface area contributed by atoms with Crippen molar-refractivity contribution in [1.29, 1.82) is 0 Å². The topological polar surface area (TPSA) is 23.5 Å². The van der Waals surface area contributed by atoms with E-state index in [0.29, 0.717) is 5.92 Å². The second-order valence-corrected chi connectivity index (χ2v) is 3.43. The smallest absolute Gasteiger partial charge is 0.0578 e. The fraction of sp³-hybridized carbons (Fsp3) is 1.00. The minimum atomic E-state index is -0.0649. The Labute approximate surface area is 62.8 Å². The Morgan fingerprint density at radius 2 is 1.90 bits per heavy atom. The van der Waals surface area contributed by atoms with Crippen molar-refractivity contribution in [2.24, 2.45) is 5.92 Å². The fourth-order valence-corrected chi connectivity index (χ4v) is 1.37. The molecule has 1 fully saturated rings. The number of aliphatic hydroxyl groups excluding tert-OH is 1. The van der Waals surface area contributed by atoms with Crippen LogP contribution in [0.2, 0.25) is 0 Å². The van der Waals surface area contributed by atoms with E-state index in [1.54, 1.807) is 0 Å². The summed E-state index contributed by atoms with van der Waals surface area (Å²) in [6.07, 6.45) is 2.01. The van der Waals surface area contributed by atoms with Gasteiger partial charge in [-0.3, -0.25) is 0 Å². The summed E-state index contributed by atoms with van der Waals surface area (Å²) >= 11 is 0. The number of nitrogens with zero attached hydrogens (tertiary/aromatic N) is 1. The molecule has 2 atom stereocenters. The number of hydrogen-bond acceptors (Lipinski definition) is 2. The summed E-state index contributed by atoms with van der Waals surface area (Å²) in [5.74, 6) is 0.491. The molecule has 0 saturated carbocycles. The number of likely N-dealkylation sites (tertiary alicyclic amines) is 1. The molecule has 10 heavy (non-hydrogen) atoms. The predicted octanol–water partition coefficient (Wildman–Crippen LogP) is 0.709. The van der Waals surface area contributed by atoms with Gasteiger partial charge in [0.25, 0.3) is 0 Å². The van der Waals surface area contributed by atoms with E-state index in [0.717, 1.165) is 25.9 Å². The third kappa shape index (κ3) is 1.96. The van der Waals surface area contributed by atoms with Crippen LogP contribution >= 0.6 is 0 Å². The molecule has 0 bridgehead atoms. The van der Waals surface area contributed by atoms with Crippen molar-refractivity contribution in [3.63, 3.8) is 0 Å². The molecule has 60 valence electrons. The first-order valence-corrected chi connectivity index (χ1v) is 4.07. The van der Waals surface area contributed by atoms with Gasteiger partial charge >= 0.3 is 0 Å². The first kappa shape index (κ1) is 8.02. The molecule has 1 N–H and O–H groups in total. The van der Waals surface area contributed by atoms with Gasteiger partial charge < -0.3 is 10.0 Å². The van der Waals surface area contributed by atoms with Gasteiger partial charge in [0, 0.05) is 6.54 Å². The molecule has 0 spiro atoms. The maximum Gasteiger partial charge on any atom is 0.0578 e. The van der Waals surface area contributed by atoms with E-state index >= 15 is 0 Å². The van der Waals surface area contributed by atoms with Crippen molar-refractivity contribution in [3.05, 3.63) is 0 Å². The van der Waals surface area contributed by atoms with Crippen LogP contribution in [0.3, 0.4) is 0 Å². The van der Waals surface area contributed by atoms with Crippen LogP contribution in [-0.4, -0.2) is 36.2 Å². The van der Waals surface area contributed by atoms with Gasteiger partial charge in [0.1, 0.15) is 0 Å². The summed E-state index contributed by atoms with van der Waals surface area (Å²) in [4.78, 5) is 2.28. The zero-order valence-electron chi connectivity index (χ0n) is 6.88. The Morgan fingerprint density at radius 3 is 2.60 bits per heavy atom. The lowest BCUT2D eigenvalue weighted by Gasteiger charge is -2.12. The number of rotatable bonds is 0. The number of aliphatic hydroxyl groups is 1. The van der Waals surface area contributed by atoms with Crippen LogP contribution in [-0.2, 0) is 0 Å². The second kappa shape index (κ2) is 3.35. The van der Waals surface area contributed by atoms with Gasteiger partial charge in [0.05, 0.1) is 6.10 Å². The Bertz CT molecular complexity index is 93.4. The summed E-state index contributed by atoms with van der Waals surface area (Å²) in [5, 5.41) is 9.45. The van der Waals surface area contributed by atoms with E-state index in [1.807, 2.05) is 0 Å². The molecule has 1 aliphatic heterocycles. The summed E-state index contributed by atoms with van der Waals surface area (Å²) in [7, 11) is 2.12. The number of hydrogen-bond donors (Lipinski definition) is 1. The average molecular weight is 143 g/mol. The van der Waals surface area contributed by atoms with Crippen molar-refractivity contribution in [2.75, 3.05) is 20.1 Å². The highest BCUT2D eigenvalue weighted by molar-refractivity contribution is 4.71. The fourth-order valence-electron chi connectivity index (χ4n) is 1.37. The molecule has 1 heterocycles. The zero-order valence-corrected chi connectivity index (χ0v) is 6.88. The molecule has 0 amide bonds. The summed E-state index contributed by atoms with van der Waals surface area (Å²) < 4.78 is 0. The Kier molecular flexibility index (Phi) is 2.69.